The molecule has 2 N–H and O–H groups in total. The van der Waals surface area contributed by atoms with E-state index in [1.165, 1.54) is 0 Å². The maximum absolute atomic E-state index is 13.5. The van der Waals surface area contributed by atoms with Gasteiger partial charge in [-0.1, -0.05) is 6.07 Å². The molecule has 21 heavy (non-hydrogen) atoms. The quantitative estimate of drug-likeness (QED) is 0.887. The Morgan fingerprint density at radius 2 is 1.95 bits per heavy atom. The fourth-order valence-corrected chi connectivity index (χ4v) is 1.91. The van der Waals surface area contributed by atoms with Crippen molar-refractivity contribution in [3.8, 4) is 0 Å². The fourth-order valence-electron chi connectivity index (χ4n) is 1.91. The van der Waals surface area contributed by atoms with E-state index >= 15 is 0 Å². The molecule has 0 spiro atoms. The number of anilines is 1. The lowest BCUT2D eigenvalue weighted by Gasteiger charge is -2.09. The minimum Gasteiger partial charge on any atom is -0.381 e. The highest BCUT2D eigenvalue weighted by Crippen LogP contribution is 2.15. The summed E-state index contributed by atoms with van der Waals surface area (Å²) in [6, 6.07) is 10.2. The number of carbonyl (C=O) groups excluding carboxylic acids is 1. The van der Waals surface area contributed by atoms with Crippen LogP contribution in [-0.2, 0) is 6.54 Å². The average Bonchev–Trinajstić information content (AvgIpc) is 2.49. The smallest absolute Gasteiger partial charge is 0.251 e. The monoisotopic (exact) mass is 290 g/mol. The van der Waals surface area contributed by atoms with Crippen molar-refractivity contribution in [2.75, 3.05) is 11.9 Å². The van der Waals surface area contributed by atoms with Crippen LogP contribution in [0, 0.1) is 11.6 Å². The molecule has 0 fully saturated rings. The standard InChI is InChI=1S/C16H16F2N2O/c1-2-19-16(21)11-4-3-5-14(9-11)20-10-12-8-13(17)6-7-15(12)18/h3-9,20H,2,10H2,1H3,(H,19,21). The number of benzene rings is 2. The number of amides is 1. The molecule has 2 aromatic rings. The Hall–Kier alpha value is -2.43. The van der Waals surface area contributed by atoms with E-state index < -0.39 is 11.6 Å². The highest BCUT2D eigenvalue weighted by atomic mass is 19.1. The van der Waals surface area contributed by atoms with Gasteiger partial charge in [-0.3, -0.25) is 4.79 Å². The number of halogens is 2. The van der Waals surface area contributed by atoms with E-state index in [1.54, 1.807) is 24.3 Å². The highest BCUT2D eigenvalue weighted by molar-refractivity contribution is 5.95. The van der Waals surface area contributed by atoms with Crippen molar-refractivity contribution in [2.24, 2.45) is 0 Å². The Labute approximate surface area is 122 Å². The van der Waals surface area contributed by atoms with Crippen LogP contribution in [0.4, 0.5) is 14.5 Å². The van der Waals surface area contributed by atoms with Crippen LogP contribution in [0.3, 0.4) is 0 Å². The van der Waals surface area contributed by atoms with Gasteiger partial charge in [-0.15, -0.1) is 0 Å². The summed E-state index contributed by atoms with van der Waals surface area (Å²) in [5.41, 5.74) is 1.42. The summed E-state index contributed by atoms with van der Waals surface area (Å²) in [6.45, 7) is 2.53. The topological polar surface area (TPSA) is 41.1 Å². The summed E-state index contributed by atoms with van der Waals surface area (Å²) in [5, 5.41) is 5.68. The first kappa shape index (κ1) is 15.0. The molecule has 2 aromatic carbocycles. The van der Waals surface area contributed by atoms with Gasteiger partial charge in [-0.2, -0.15) is 0 Å². The summed E-state index contributed by atoms with van der Waals surface area (Å²) in [7, 11) is 0. The molecule has 0 aliphatic carbocycles. The molecular weight excluding hydrogens is 274 g/mol. The number of hydrogen-bond acceptors (Lipinski definition) is 2. The predicted octanol–water partition coefficient (Wildman–Crippen LogP) is 3.33. The maximum atomic E-state index is 13.5. The molecule has 0 bridgehead atoms. The van der Waals surface area contributed by atoms with Gasteiger partial charge in [0, 0.05) is 29.9 Å². The van der Waals surface area contributed by atoms with Gasteiger partial charge in [-0.25, -0.2) is 8.78 Å². The molecule has 5 heteroatoms. The van der Waals surface area contributed by atoms with Gasteiger partial charge in [0.25, 0.3) is 5.91 Å². The van der Waals surface area contributed by atoms with Crippen molar-refractivity contribution in [2.45, 2.75) is 13.5 Å². The van der Waals surface area contributed by atoms with Crippen LogP contribution in [0.1, 0.15) is 22.8 Å². The van der Waals surface area contributed by atoms with Crippen LogP contribution in [0.5, 0.6) is 0 Å². The molecule has 1 amide bonds. The van der Waals surface area contributed by atoms with E-state index in [4.69, 9.17) is 0 Å². The summed E-state index contributed by atoms with van der Waals surface area (Å²) < 4.78 is 26.6. The molecule has 110 valence electrons. The number of carbonyl (C=O) groups is 1. The lowest BCUT2D eigenvalue weighted by Crippen LogP contribution is -2.22. The third-order valence-electron chi connectivity index (χ3n) is 2.95. The zero-order valence-corrected chi connectivity index (χ0v) is 11.6. The molecule has 0 saturated carbocycles. The molecule has 0 radical (unpaired) electrons. The SMILES string of the molecule is CCNC(=O)c1cccc(NCc2cc(F)ccc2F)c1. The van der Waals surface area contributed by atoms with Crippen LogP contribution in [-0.4, -0.2) is 12.5 Å². The first-order chi connectivity index (χ1) is 10.1. The number of hydrogen-bond donors (Lipinski definition) is 2. The van der Waals surface area contributed by atoms with E-state index in [-0.39, 0.29) is 18.0 Å². The van der Waals surface area contributed by atoms with Crippen LogP contribution in [0.15, 0.2) is 42.5 Å². The van der Waals surface area contributed by atoms with Crippen LogP contribution in [0.2, 0.25) is 0 Å². The number of nitrogens with one attached hydrogen (secondary N) is 2. The summed E-state index contributed by atoms with van der Waals surface area (Å²) >= 11 is 0. The van der Waals surface area contributed by atoms with Crippen molar-refractivity contribution < 1.29 is 13.6 Å². The minimum absolute atomic E-state index is 0.141. The van der Waals surface area contributed by atoms with Gasteiger partial charge in [0.2, 0.25) is 0 Å². The van der Waals surface area contributed by atoms with E-state index in [9.17, 15) is 13.6 Å². The second-order valence-corrected chi connectivity index (χ2v) is 4.53. The molecule has 2 rings (SSSR count). The van der Waals surface area contributed by atoms with Crippen molar-refractivity contribution in [3.63, 3.8) is 0 Å². The lowest BCUT2D eigenvalue weighted by atomic mass is 10.1. The van der Waals surface area contributed by atoms with E-state index in [1.807, 2.05) is 6.92 Å². The van der Waals surface area contributed by atoms with E-state index in [0.29, 0.717) is 17.8 Å². The van der Waals surface area contributed by atoms with Crippen molar-refractivity contribution in [1.82, 2.24) is 5.32 Å². The Balaban J connectivity index is 2.08. The Morgan fingerprint density at radius 1 is 1.14 bits per heavy atom. The molecule has 0 unspecified atom stereocenters. The molecule has 0 heterocycles. The van der Waals surface area contributed by atoms with Gasteiger partial charge in [0.1, 0.15) is 11.6 Å². The van der Waals surface area contributed by atoms with Gasteiger partial charge in [-0.05, 0) is 43.3 Å². The second-order valence-electron chi connectivity index (χ2n) is 4.53. The zero-order valence-electron chi connectivity index (χ0n) is 11.6. The van der Waals surface area contributed by atoms with Gasteiger partial charge >= 0.3 is 0 Å². The Kier molecular flexibility index (Phi) is 4.87. The zero-order chi connectivity index (χ0) is 15.2. The first-order valence-corrected chi connectivity index (χ1v) is 6.66. The molecular formula is C16H16F2N2O. The second kappa shape index (κ2) is 6.83. The molecule has 0 aliphatic heterocycles. The normalized spacial score (nSPS) is 10.2. The van der Waals surface area contributed by atoms with E-state index in [0.717, 1.165) is 18.2 Å². The minimum atomic E-state index is -0.482. The Bertz CT molecular complexity index is 644. The third kappa shape index (κ3) is 4.02. The maximum Gasteiger partial charge on any atom is 0.251 e. The molecule has 0 atom stereocenters. The Morgan fingerprint density at radius 3 is 2.71 bits per heavy atom. The van der Waals surface area contributed by atoms with Gasteiger partial charge in [0.15, 0.2) is 0 Å². The molecule has 0 aromatic heterocycles. The average molecular weight is 290 g/mol. The molecule has 3 nitrogen and oxygen atoms in total. The number of rotatable bonds is 5. The van der Waals surface area contributed by atoms with Crippen molar-refractivity contribution in [1.29, 1.82) is 0 Å². The lowest BCUT2D eigenvalue weighted by molar-refractivity contribution is 0.0956. The highest BCUT2D eigenvalue weighted by Gasteiger charge is 2.06. The summed E-state index contributed by atoms with van der Waals surface area (Å²) in [5.74, 6) is -1.12. The van der Waals surface area contributed by atoms with Crippen LogP contribution >= 0.6 is 0 Å². The van der Waals surface area contributed by atoms with Gasteiger partial charge in [0.05, 0.1) is 0 Å². The largest absolute Gasteiger partial charge is 0.381 e. The van der Waals surface area contributed by atoms with Crippen molar-refractivity contribution >= 4 is 11.6 Å². The first-order valence-electron chi connectivity index (χ1n) is 6.66. The van der Waals surface area contributed by atoms with Crippen LogP contribution < -0.4 is 10.6 Å². The summed E-state index contributed by atoms with van der Waals surface area (Å²) in [6.07, 6.45) is 0. The fraction of sp³-hybridized carbons (Fsp3) is 0.188. The third-order valence-corrected chi connectivity index (χ3v) is 2.95. The predicted molar refractivity (Wildman–Crippen MR) is 78.1 cm³/mol. The van der Waals surface area contributed by atoms with Gasteiger partial charge < -0.3 is 10.6 Å². The van der Waals surface area contributed by atoms with Crippen LogP contribution in [0.25, 0.3) is 0 Å². The molecule has 0 saturated heterocycles. The molecule has 0 aliphatic rings. The van der Waals surface area contributed by atoms with E-state index in [2.05, 4.69) is 10.6 Å². The summed E-state index contributed by atoms with van der Waals surface area (Å²) in [4.78, 5) is 11.7. The van der Waals surface area contributed by atoms with Crippen molar-refractivity contribution in [3.05, 3.63) is 65.2 Å².